The summed E-state index contributed by atoms with van der Waals surface area (Å²) < 4.78 is 7.93. The Balaban J connectivity index is 1.67. The molecule has 0 amide bonds. The summed E-state index contributed by atoms with van der Waals surface area (Å²) >= 11 is 0. The highest BCUT2D eigenvalue weighted by atomic mass is 16.5. The average Bonchev–Trinajstić information content (AvgIpc) is 3.13. The fraction of sp³-hybridized carbons (Fsp3) is 0.533. The van der Waals surface area contributed by atoms with Crippen LogP contribution in [0.5, 0.6) is 0 Å². The summed E-state index contributed by atoms with van der Waals surface area (Å²) in [6.45, 7) is 6.53. The molecule has 2 aromatic heterocycles. The van der Waals surface area contributed by atoms with Crippen LogP contribution in [-0.4, -0.2) is 32.9 Å². The third-order valence-electron chi connectivity index (χ3n) is 3.87. The number of rotatable bonds is 5. The average molecular weight is 287 g/mol. The van der Waals surface area contributed by atoms with Crippen LogP contribution in [0.15, 0.2) is 24.5 Å². The minimum Gasteiger partial charge on any atom is -0.372 e. The van der Waals surface area contributed by atoms with Gasteiger partial charge < -0.3 is 10.1 Å². The lowest BCUT2D eigenvalue weighted by atomic mass is 9.99. The van der Waals surface area contributed by atoms with E-state index in [2.05, 4.69) is 33.4 Å². The van der Waals surface area contributed by atoms with Gasteiger partial charge in [-0.3, -0.25) is 4.68 Å². The number of hydrogen-bond acceptors (Lipinski definition) is 5. The molecule has 1 fully saturated rings. The number of aromatic nitrogens is 4. The van der Waals surface area contributed by atoms with Crippen LogP contribution in [0.1, 0.15) is 30.8 Å². The van der Waals surface area contributed by atoms with Gasteiger partial charge in [0, 0.05) is 43.7 Å². The van der Waals surface area contributed by atoms with Crippen molar-refractivity contribution in [3.63, 3.8) is 0 Å². The Hall–Kier alpha value is -1.95. The van der Waals surface area contributed by atoms with Crippen LogP contribution in [0.2, 0.25) is 0 Å². The summed E-state index contributed by atoms with van der Waals surface area (Å²) in [4.78, 5) is 8.62. The van der Waals surface area contributed by atoms with Crippen LogP contribution in [0.25, 0.3) is 0 Å². The predicted molar refractivity (Wildman–Crippen MR) is 80.0 cm³/mol. The van der Waals surface area contributed by atoms with Crippen LogP contribution < -0.4 is 5.32 Å². The minimum absolute atomic E-state index is 0.102. The van der Waals surface area contributed by atoms with E-state index in [0.717, 1.165) is 37.5 Å². The molecule has 0 saturated carbocycles. The number of hydrogen-bond donors (Lipinski definition) is 1. The summed E-state index contributed by atoms with van der Waals surface area (Å²) in [5, 5.41) is 7.66. The molecule has 0 aromatic carbocycles. The first-order chi connectivity index (χ1) is 10.3. The quantitative estimate of drug-likeness (QED) is 0.913. The van der Waals surface area contributed by atoms with Gasteiger partial charge in [-0.1, -0.05) is 0 Å². The molecule has 0 aliphatic carbocycles. The van der Waals surface area contributed by atoms with E-state index in [4.69, 9.17) is 4.74 Å². The van der Waals surface area contributed by atoms with Gasteiger partial charge in [-0.05, 0) is 32.4 Å². The summed E-state index contributed by atoms with van der Waals surface area (Å²) in [7, 11) is 0. The maximum Gasteiger partial charge on any atom is 0.222 e. The molecule has 3 heterocycles. The first-order valence-corrected chi connectivity index (χ1v) is 7.44. The molecule has 1 saturated heterocycles. The second-order valence-corrected chi connectivity index (χ2v) is 5.31. The lowest BCUT2D eigenvalue weighted by Crippen LogP contribution is -2.21. The topological polar surface area (TPSA) is 64.9 Å². The maximum atomic E-state index is 5.92. The van der Waals surface area contributed by atoms with E-state index >= 15 is 0 Å². The molecule has 1 aliphatic heterocycles. The Bertz CT molecular complexity index is 597. The molecular formula is C15H21N5O. The summed E-state index contributed by atoms with van der Waals surface area (Å²) in [5.41, 5.74) is 2.13. The Morgan fingerprint density at radius 3 is 3.10 bits per heavy atom. The molecule has 0 unspecified atom stereocenters. The van der Waals surface area contributed by atoms with E-state index in [9.17, 15) is 0 Å². The lowest BCUT2D eigenvalue weighted by Gasteiger charge is -2.20. The van der Waals surface area contributed by atoms with Crippen molar-refractivity contribution in [2.75, 3.05) is 18.5 Å². The fourth-order valence-corrected chi connectivity index (χ4v) is 2.78. The SMILES string of the molecule is CCn1nccc1[C@@H]1OCC[C@H]1CNc1nccc(C)n1. The van der Waals surface area contributed by atoms with E-state index in [1.165, 1.54) is 0 Å². The van der Waals surface area contributed by atoms with Crippen LogP contribution in [0.3, 0.4) is 0 Å². The molecule has 112 valence electrons. The maximum absolute atomic E-state index is 5.92. The van der Waals surface area contributed by atoms with E-state index in [1.54, 1.807) is 6.20 Å². The van der Waals surface area contributed by atoms with Crippen LogP contribution in [0.4, 0.5) is 5.95 Å². The standard InChI is InChI=1S/C15H21N5O/c1-3-20-13(5-8-18-20)14-12(6-9-21-14)10-17-15-16-7-4-11(2)19-15/h4-5,7-8,12,14H,3,6,9-10H2,1-2H3,(H,16,17,19)/t12-,14+/m0/s1. The largest absolute Gasteiger partial charge is 0.372 e. The van der Waals surface area contributed by atoms with Gasteiger partial charge in [0.15, 0.2) is 0 Å². The van der Waals surface area contributed by atoms with E-state index in [1.807, 2.05) is 23.9 Å². The first kappa shape index (κ1) is 14.0. The van der Waals surface area contributed by atoms with Gasteiger partial charge in [0.2, 0.25) is 5.95 Å². The monoisotopic (exact) mass is 287 g/mol. The molecule has 0 spiro atoms. The number of aryl methyl sites for hydroxylation is 2. The van der Waals surface area contributed by atoms with Crippen molar-refractivity contribution < 1.29 is 4.74 Å². The van der Waals surface area contributed by atoms with Gasteiger partial charge in [-0.15, -0.1) is 0 Å². The summed E-state index contributed by atoms with van der Waals surface area (Å²) in [6.07, 6.45) is 4.76. The van der Waals surface area contributed by atoms with Gasteiger partial charge in [-0.25, -0.2) is 9.97 Å². The van der Waals surface area contributed by atoms with Gasteiger partial charge in [-0.2, -0.15) is 5.10 Å². The summed E-state index contributed by atoms with van der Waals surface area (Å²) in [5.74, 6) is 1.10. The highest BCUT2D eigenvalue weighted by Gasteiger charge is 2.31. The molecule has 0 bridgehead atoms. The number of ether oxygens (including phenoxy) is 1. The van der Waals surface area contributed by atoms with Crippen molar-refractivity contribution in [1.82, 2.24) is 19.7 Å². The lowest BCUT2D eigenvalue weighted by molar-refractivity contribution is 0.0858. The van der Waals surface area contributed by atoms with Crippen molar-refractivity contribution >= 4 is 5.95 Å². The van der Waals surface area contributed by atoms with Gasteiger partial charge >= 0.3 is 0 Å². The van der Waals surface area contributed by atoms with Crippen molar-refractivity contribution in [2.24, 2.45) is 5.92 Å². The van der Waals surface area contributed by atoms with Crippen molar-refractivity contribution in [3.05, 3.63) is 35.9 Å². The highest BCUT2D eigenvalue weighted by Crippen LogP contribution is 2.34. The van der Waals surface area contributed by atoms with Gasteiger partial charge in [0.1, 0.15) is 6.10 Å². The summed E-state index contributed by atoms with van der Waals surface area (Å²) in [6, 6.07) is 3.95. The van der Waals surface area contributed by atoms with E-state index < -0.39 is 0 Å². The third-order valence-corrected chi connectivity index (χ3v) is 3.87. The fourth-order valence-electron chi connectivity index (χ4n) is 2.78. The number of nitrogens with zero attached hydrogens (tertiary/aromatic N) is 4. The Morgan fingerprint density at radius 2 is 2.29 bits per heavy atom. The Morgan fingerprint density at radius 1 is 1.38 bits per heavy atom. The van der Waals surface area contributed by atoms with Crippen LogP contribution in [-0.2, 0) is 11.3 Å². The molecule has 1 N–H and O–H groups in total. The van der Waals surface area contributed by atoms with E-state index in [-0.39, 0.29) is 6.10 Å². The molecule has 3 rings (SSSR count). The molecular weight excluding hydrogens is 266 g/mol. The smallest absolute Gasteiger partial charge is 0.222 e. The predicted octanol–water partition coefficient (Wildman–Crippen LogP) is 2.19. The second-order valence-electron chi connectivity index (χ2n) is 5.31. The van der Waals surface area contributed by atoms with E-state index in [0.29, 0.717) is 11.9 Å². The third kappa shape index (κ3) is 3.05. The molecule has 0 radical (unpaired) electrons. The second kappa shape index (κ2) is 6.22. The van der Waals surface area contributed by atoms with Gasteiger partial charge in [0.25, 0.3) is 0 Å². The molecule has 2 atom stereocenters. The van der Waals surface area contributed by atoms with Gasteiger partial charge in [0.05, 0.1) is 5.69 Å². The minimum atomic E-state index is 0.102. The zero-order valence-electron chi connectivity index (χ0n) is 12.5. The van der Waals surface area contributed by atoms with Crippen molar-refractivity contribution in [1.29, 1.82) is 0 Å². The van der Waals surface area contributed by atoms with Crippen LogP contribution >= 0.6 is 0 Å². The Kier molecular flexibility index (Phi) is 4.15. The molecule has 21 heavy (non-hydrogen) atoms. The zero-order chi connectivity index (χ0) is 14.7. The Labute approximate surface area is 124 Å². The molecule has 6 nitrogen and oxygen atoms in total. The van der Waals surface area contributed by atoms with Crippen molar-refractivity contribution in [3.8, 4) is 0 Å². The molecule has 1 aliphatic rings. The molecule has 2 aromatic rings. The number of anilines is 1. The molecule has 6 heteroatoms. The highest BCUT2D eigenvalue weighted by molar-refractivity contribution is 5.25. The zero-order valence-corrected chi connectivity index (χ0v) is 12.5. The first-order valence-electron chi connectivity index (χ1n) is 7.44. The number of nitrogens with one attached hydrogen (secondary N) is 1. The van der Waals surface area contributed by atoms with Crippen molar-refractivity contribution in [2.45, 2.75) is 32.9 Å². The van der Waals surface area contributed by atoms with Crippen LogP contribution in [0, 0.1) is 12.8 Å². The normalized spacial score (nSPS) is 21.6.